The first-order valence-corrected chi connectivity index (χ1v) is 27.2. The summed E-state index contributed by atoms with van der Waals surface area (Å²) in [6, 6.07) is 0. The first-order chi connectivity index (χ1) is 10.8. The SMILES string of the molecule is C[Si](C)(C)O[Si](C)(C)O[Si](C)(C)C.C[Si](C)(O)O[Si](C)(C)O[Si](C)(C)O. The van der Waals surface area contributed by atoms with Gasteiger partial charge in [-0.2, -0.15) is 0 Å². The summed E-state index contributed by atoms with van der Waals surface area (Å²) in [7, 11) is -12.2. The Morgan fingerprint density at radius 2 is 0.577 bits per heavy atom. The highest BCUT2D eigenvalue weighted by Gasteiger charge is 2.39. The summed E-state index contributed by atoms with van der Waals surface area (Å²) in [4.78, 5) is 19.1. The van der Waals surface area contributed by atoms with E-state index in [1.165, 1.54) is 0 Å². The average molecular weight is 477 g/mol. The molecule has 0 radical (unpaired) electrons. The second kappa shape index (κ2) is 9.71. The minimum absolute atomic E-state index is 1.43. The second-order valence-electron chi connectivity index (χ2n) is 10.3. The summed E-state index contributed by atoms with van der Waals surface area (Å²) in [5, 5.41) is 0. The van der Waals surface area contributed by atoms with Crippen molar-refractivity contribution in [3.8, 4) is 0 Å². The van der Waals surface area contributed by atoms with Gasteiger partial charge in [0, 0.05) is 0 Å². The van der Waals surface area contributed by atoms with E-state index in [9.17, 15) is 9.59 Å². The molecule has 0 aliphatic heterocycles. The maximum absolute atomic E-state index is 9.56. The van der Waals surface area contributed by atoms with Crippen LogP contribution in [-0.2, 0) is 16.5 Å². The van der Waals surface area contributed by atoms with Crippen LogP contribution >= 0.6 is 0 Å². The third kappa shape index (κ3) is 23.1. The number of hydrogen-bond acceptors (Lipinski definition) is 6. The minimum atomic E-state index is -2.54. The molecular formula is C14H44O6Si6. The molecule has 0 amide bonds. The van der Waals surface area contributed by atoms with E-state index >= 15 is 0 Å². The predicted octanol–water partition coefficient (Wildman–Crippen LogP) is 4.50. The molecule has 0 heterocycles. The van der Waals surface area contributed by atoms with E-state index in [1.807, 2.05) is 13.1 Å². The highest BCUT2D eigenvalue weighted by molar-refractivity contribution is 6.87. The summed E-state index contributed by atoms with van der Waals surface area (Å²) in [6.07, 6.45) is 0. The van der Waals surface area contributed by atoms with E-state index in [0.29, 0.717) is 0 Å². The van der Waals surface area contributed by atoms with E-state index in [2.05, 4.69) is 52.4 Å². The van der Waals surface area contributed by atoms with Crippen LogP contribution in [0.2, 0.25) is 91.7 Å². The van der Waals surface area contributed by atoms with Gasteiger partial charge >= 0.3 is 34.2 Å². The lowest BCUT2D eigenvalue weighted by Crippen LogP contribution is -2.52. The van der Waals surface area contributed by atoms with Gasteiger partial charge in [0.25, 0.3) is 0 Å². The highest BCUT2D eigenvalue weighted by Crippen LogP contribution is 2.20. The largest absolute Gasteiger partial charge is 0.437 e. The Labute approximate surface area is 168 Å². The summed E-state index contributed by atoms with van der Waals surface area (Å²) < 4.78 is 23.2. The molecule has 0 aromatic carbocycles. The smallest absolute Gasteiger partial charge is 0.320 e. The predicted molar refractivity (Wildman–Crippen MR) is 125 cm³/mol. The number of hydrogen-bond donors (Lipinski definition) is 2. The molecule has 2 N–H and O–H groups in total. The van der Waals surface area contributed by atoms with Crippen LogP contribution in [0.1, 0.15) is 0 Å². The van der Waals surface area contributed by atoms with Crippen molar-refractivity contribution in [3.05, 3.63) is 0 Å². The van der Waals surface area contributed by atoms with Crippen molar-refractivity contribution in [3.63, 3.8) is 0 Å². The van der Waals surface area contributed by atoms with Crippen molar-refractivity contribution < 1.29 is 26.1 Å². The van der Waals surface area contributed by atoms with Crippen LogP contribution in [0.4, 0.5) is 0 Å². The summed E-state index contributed by atoms with van der Waals surface area (Å²) in [6.45, 7) is 28.1. The number of rotatable bonds is 8. The molecule has 0 aromatic rings. The van der Waals surface area contributed by atoms with Gasteiger partial charge in [-0.05, 0) is 91.7 Å². The van der Waals surface area contributed by atoms with Crippen LogP contribution in [0.25, 0.3) is 0 Å². The van der Waals surface area contributed by atoms with Gasteiger partial charge < -0.3 is 26.1 Å². The zero-order valence-corrected chi connectivity index (χ0v) is 25.5. The third-order valence-corrected chi connectivity index (χ3v) is 18.9. The molecule has 6 nitrogen and oxygen atoms in total. The Morgan fingerprint density at radius 1 is 0.385 bits per heavy atom. The molecule has 12 heteroatoms. The van der Waals surface area contributed by atoms with E-state index < -0.39 is 50.9 Å². The lowest BCUT2D eigenvalue weighted by atomic mass is 11.8. The van der Waals surface area contributed by atoms with Crippen LogP contribution in [0.5, 0.6) is 0 Å². The lowest BCUT2D eigenvalue weighted by Gasteiger charge is -2.35. The Hall–Kier alpha value is 1.06. The van der Waals surface area contributed by atoms with Gasteiger partial charge in [-0.1, -0.05) is 0 Å². The highest BCUT2D eigenvalue weighted by atomic mass is 28.5. The zero-order valence-electron chi connectivity index (χ0n) is 19.5. The molecule has 0 unspecified atom stereocenters. The van der Waals surface area contributed by atoms with Crippen LogP contribution in [-0.4, -0.2) is 60.5 Å². The average Bonchev–Trinajstić information content (AvgIpc) is 1.97. The Bertz CT molecular complexity index is 342. The van der Waals surface area contributed by atoms with Gasteiger partial charge in [0.1, 0.15) is 0 Å². The molecule has 0 fully saturated rings. The van der Waals surface area contributed by atoms with Crippen LogP contribution < -0.4 is 0 Å². The van der Waals surface area contributed by atoms with Gasteiger partial charge in [-0.3, -0.25) is 0 Å². The second-order valence-corrected chi connectivity index (χ2v) is 33.4. The third-order valence-electron chi connectivity index (χ3n) is 2.10. The van der Waals surface area contributed by atoms with Crippen molar-refractivity contribution in [1.29, 1.82) is 0 Å². The Morgan fingerprint density at radius 3 is 0.731 bits per heavy atom. The molecule has 26 heavy (non-hydrogen) atoms. The summed E-state index contributed by atoms with van der Waals surface area (Å²) in [5.74, 6) is 0. The lowest BCUT2D eigenvalue weighted by molar-refractivity contribution is 0.294. The minimum Gasteiger partial charge on any atom is -0.437 e. The Kier molecular flexibility index (Phi) is 10.9. The quantitative estimate of drug-likeness (QED) is 0.502. The van der Waals surface area contributed by atoms with Crippen LogP contribution in [0.3, 0.4) is 0 Å². The molecule has 0 aliphatic carbocycles. The first kappa shape index (κ1) is 29.3. The van der Waals surface area contributed by atoms with E-state index in [0.717, 1.165) is 0 Å². The maximum atomic E-state index is 9.56. The fourth-order valence-electron chi connectivity index (χ4n) is 2.72. The normalized spacial score (nSPS) is 14.8. The molecule has 160 valence electrons. The molecule has 0 bridgehead atoms. The topological polar surface area (TPSA) is 77.4 Å². The Balaban J connectivity index is 0. The maximum Gasteiger partial charge on any atom is 0.320 e. The van der Waals surface area contributed by atoms with E-state index in [4.69, 9.17) is 16.5 Å². The monoisotopic (exact) mass is 476 g/mol. The standard InChI is InChI=1S/C8H24O2Si3.C6H20O4Si3/c1-11(2,3)9-13(7,8)10-12(4,5)6;1-11(2,7)9-13(5,6)10-12(3,4)8/h1-8H3;7-8H,1-6H3. The van der Waals surface area contributed by atoms with Crippen LogP contribution in [0, 0.1) is 0 Å². The van der Waals surface area contributed by atoms with E-state index in [1.54, 1.807) is 26.2 Å². The van der Waals surface area contributed by atoms with Gasteiger partial charge in [-0.15, -0.1) is 0 Å². The van der Waals surface area contributed by atoms with Gasteiger partial charge in [-0.25, -0.2) is 0 Å². The van der Waals surface area contributed by atoms with Crippen molar-refractivity contribution in [2.24, 2.45) is 0 Å². The fraction of sp³-hybridized carbons (Fsp3) is 1.00. The molecule has 0 atom stereocenters. The van der Waals surface area contributed by atoms with Crippen molar-refractivity contribution in [2.75, 3.05) is 0 Å². The van der Waals surface area contributed by atoms with Crippen molar-refractivity contribution in [1.82, 2.24) is 0 Å². The summed E-state index contributed by atoms with van der Waals surface area (Å²) >= 11 is 0. The van der Waals surface area contributed by atoms with Gasteiger partial charge in [0.2, 0.25) is 0 Å². The van der Waals surface area contributed by atoms with Gasteiger partial charge in [0.05, 0.1) is 0 Å². The molecule has 0 spiro atoms. The molecule has 0 aliphatic rings. The molecular weight excluding hydrogens is 433 g/mol. The molecule has 0 saturated heterocycles. The first-order valence-electron chi connectivity index (χ1n) is 9.08. The summed E-state index contributed by atoms with van der Waals surface area (Å²) in [5.41, 5.74) is 0. The fourth-order valence-corrected chi connectivity index (χ4v) is 25.2. The van der Waals surface area contributed by atoms with Crippen LogP contribution in [0.15, 0.2) is 0 Å². The van der Waals surface area contributed by atoms with Crippen molar-refractivity contribution >= 4 is 50.9 Å². The molecule has 0 rings (SSSR count). The zero-order chi connectivity index (χ0) is 21.8. The molecule has 0 aromatic heterocycles. The van der Waals surface area contributed by atoms with Crippen molar-refractivity contribution in [2.45, 2.75) is 91.7 Å². The van der Waals surface area contributed by atoms with Gasteiger partial charge in [0.15, 0.2) is 16.6 Å². The molecule has 0 saturated carbocycles. The van der Waals surface area contributed by atoms with E-state index in [-0.39, 0.29) is 0 Å².